The van der Waals surface area contributed by atoms with E-state index in [0.29, 0.717) is 25.1 Å². The molecule has 1 aromatic rings. The van der Waals surface area contributed by atoms with Gasteiger partial charge in [-0.1, -0.05) is 30.3 Å². The Kier molecular flexibility index (Phi) is 2.90. The number of benzene rings is 1. The van der Waals surface area contributed by atoms with E-state index in [1.807, 2.05) is 18.2 Å². The minimum Gasteiger partial charge on any atom is -0.351 e. The van der Waals surface area contributed by atoms with Crippen LogP contribution in [0.25, 0.3) is 0 Å². The molecule has 0 aromatic heterocycles. The number of nitrogens with zero attached hydrogens (tertiary/aromatic N) is 1. The number of carbonyl (C=O) groups is 2. The van der Waals surface area contributed by atoms with E-state index in [-0.39, 0.29) is 11.7 Å². The molecule has 0 spiro atoms. The fourth-order valence-corrected chi connectivity index (χ4v) is 2.01. The summed E-state index contributed by atoms with van der Waals surface area (Å²) in [6.45, 7) is 1.03. The molecule has 0 bridgehead atoms. The molecule has 2 N–H and O–H groups in total. The number of likely N-dealkylation sites (tertiary alicyclic amines) is 1. The second-order valence-corrected chi connectivity index (χ2v) is 4.00. The Bertz CT molecular complexity index is 403. The van der Waals surface area contributed by atoms with E-state index in [4.69, 9.17) is 5.73 Å². The SMILES string of the molecule is NC(=O)N1CCC(C(=O)c2ccccc2)C1. The lowest BCUT2D eigenvalue weighted by Crippen LogP contribution is -2.34. The minimum atomic E-state index is -0.441. The topological polar surface area (TPSA) is 63.4 Å². The number of nitrogens with two attached hydrogens (primary N) is 1. The van der Waals surface area contributed by atoms with E-state index in [0.717, 1.165) is 0 Å². The van der Waals surface area contributed by atoms with Crippen molar-refractivity contribution >= 4 is 11.8 Å². The van der Waals surface area contributed by atoms with Gasteiger partial charge in [-0.2, -0.15) is 0 Å². The highest BCUT2D eigenvalue weighted by Crippen LogP contribution is 2.20. The number of rotatable bonds is 2. The molecule has 1 aliphatic heterocycles. The van der Waals surface area contributed by atoms with Crippen LogP contribution in [0.1, 0.15) is 16.8 Å². The number of carbonyl (C=O) groups excluding carboxylic acids is 2. The fraction of sp³-hybridized carbons (Fsp3) is 0.333. The van der Waals surface area contributed by atoms with E-state index in [2.05, 4.69) is 0 Å². The molecule has 2 amide bonds. The normalized spacial score (nSPS) is 19.8. The predicted octanol–water partition coefficient (Wildman–Crippen LogP) is 1.27. The van der Waals surface area contributed by atoms with Crippen molar-refractivity contribution < 1.29 is 9.59 Å². The van der Waals surface area contributed by atoms with Crippen LogP contribution in [0.5, 0.6) is 0 Å². The van der Waals surface area contributed by atoms with Crippen molar-refractivity contribution in [1.82, 2.24) is 4.90 Å². The van der Waals surface area contributed by atoms with Gasteiger partial charge in [0.05, 0.1) is 0 Å². The van der Waals surface area contributed by atoms with Crippen LogP contribution in [0.2, 0.25) is 0 Å². The molecule has 4 heteroatoms. The quantitative estimate of drug-likeness (QED) is 0.760. The summed E-state index contributed by atoms with van der Waals surface area (Å²) in [5.41, 5.74) is 5.88. The average molecular weight is 218 g/mol. The largest absolute Gasteiger partial charge is 0.351 e. The maximum atomic E-state index is 12.0. The lowest BCUT2D eigenvalue weighted by Gasteiger charge is -2.12. The molecule has 84 valence electrons. The summed E-state index contributed by atoms with van der Waals surface area (Å²) in [7, 11) is 0. The molecular weight excluding hydrogens is 204 g/mol. The maximum absolute atomic E-state index is 12.0. The summed E-state index contributed by atoms with van der Waals surface area (Å²) in [6.07, 6.45) is 0.705. The van der Waals surface area contributed by atoms with E-state index in [9.17, 15) is 9.59 Å². The molecule has 1 unspecified atom stereocenters. The van der Waals surface area contributed by atoms with E-state index < -0.39 is 6.03 Å². The van der Waals surface area contributed by atoms with Crippen LogP contribution in [0.4, 0.5) is 4.79 Å². The third kappa shape index (κ3) is 2.05. The van der Waals surface area contributed by atoms with Crippen molar-refractivity contribution in [2.45, 2.75) is 6.42 Å². The third-order valence-electron chi connectivity index (χ3n) is 2.93. The first-order valence-electron chi connectivity index (χ1n) is 5.32. The van der Waals surface area contributed by atoms with Gasteiger partial charge in [-0.3, -0.25) is 4.79 Å². The second-order valence-electron chi connectivity index (χ2n) is 4.00. The lowest BCUT2D eigenvalue weighted by atomic mass is 9.97. The van der Waals surface area contributed by atoms with Crippen molar-refractivity contribution in [1.29, 1.82) is 0 Å². The zero-order chi connectivity index (χ0) is 11.5. The van der Waals surface area contributed by atoms with Crippen LogP contribution < -0.4 is 5.73 Å². The van der Waals surface area contributed by atoms with Gasteiger partial charge in [-0.15, -0.1) is 0 Å². The smallest absolute Gasteiger partial charge is 0.314 e. The zero-order valence-electron chi connectivity index (χ0n) is 8.93. The molecule has 16 heavy (non-hydrogen) atoms. The molecule has 4 nitrogen and oxygen atoms in total. The van der Waals surface area contributed by atoms with Gasteiger partial charge < -0.3 is 10.6 Å². The molecule has 1 heterocycles. The summed E-state index contributed by atoms with van der Waals surface area (Å²) in [4.78, 5) is 24.5. The Labute approximate surface area is 94.0 Å². The first-order valence-corrected chi connectivity index (χ1v) is 5.32. The van der Waals surface area contributed by atoms with Crippen LogP contribution in [0, 0.1) is 5.92 Å². The molecule has 0 radical (unpaired) electrons. The van der Waals surface area contributed by atoms with Gasteiger partial charge in [0.15, 0.2) is 5.78 Å². The molecule has 0 saturated carbocycles. The minimum absolute atomic E-state index is 0.101. The van der Waals surface area contributed by atoms with Gasteiger partial charge in [0.1, 0.15) is 0 Å². The van der Waals surface area contributed by atoms with Gasteiger partial charge in [0.2, 0.25) is 0 Å². The number of primary amides is 1. The van der Waals surface area contributed by atoms with Crippen molar-refractivity contribution in [2.75, 3.05) is 13.1 Å². The molecule has 1 fully saturated rings. The van der Waals surface area contributed by atoms with Crippen molar-refractivity contribution in [3.05, 3.63) is 35.9 Å². The Morgan fingerprint density at radius 1 is 1.25 bits per heavy atom. The number of hydrogen-bond acceptors (Lipinski definition) is 2. The predicted molar refractivity (Wildman–Crippen MR) is 60.0 cm³/mol. The van der Waals surface area contributed by atoms with Crippen LogP contribution in [-0.4, -0.2) is 29.8 Å². The number of ketones is 1. The van der Waals surface area contributed by atoms with E-state index in [1.165, 1.54) is 4.90 Å². The maximum Gasteiger partial charge on any atom is 0.314 e. The fourth-order valence-electron chi connectivity index (χ4n) is 2.01. The van der Waals surface area contributed by atoms with Crippen LogP contribution >= 0.6 is 0 Å². The molecule has 1 saturated heterocycles. The molecule has 1 atom stereocenters. The van der Waals surface area contributed by atoms with Crippen molar-refractivity contribution in [3.63, 3.8) is 0 Å². The van der Waals surface area contributed by atoms with Gasteiger partial charge >= 0.3 is 6.03 Å². The molecule has 1 aromatic carbocycles. The summed E-state index contributed by atoms with van der Waals surface area (Å²) in [6, 6.07) is 8.72. The van der Waals surface area contributed by atoms with Gasteiger partial charge in [0.25, 0.3) is 0 Å². The van der Waals surface area contributed by atoms with Crippen molar-refractivity contribution in [3.8, 4) is 0 Å². The summed E-state index contributed by atoms with van der Waals surface area (Å²) >= 11 is 0. The Hall–Kier alpha value is -1.84. The number of Topliss-reactive ketones (excluding diaryl/α,β-unsaturated/α-hetero) is 1. The van der Waals surface area contributed by atoms with Crippen LogP contribution in [0.3, 0.4) is 0 Å². The first-order chi connectivity index (χ1) is 7.68. The highest BCUT2D eigenvalue weighted by atomic mass is 16.2. The third-order valence-corrected chi connectivity index (χ3v) is 2.93. The highest BCUT2D eigenvalue weighted by molar-refractivity contribution is 5.98. The summed E-state index contributed by atoms with van der Waals surface area (Å²) in [5, 5.41) is 0. The van der Waals surface area contributed by atoms with Gasteiger partial charge in [-0.25, -0.2) is 4.79 Å². The Morgan fingerprint density at radius 3 is 2.50 bits per heavy atom. The number of urea groups is 1. The van der Waals surface area contributed by atoms with E-state index >= 15 is 0 Å². The Morgan fingerprint density at radius 2 is 1.94 bits per heavy atom. The van der Waals surface area contributed by atoms with E-state index in [1.54, 1.807) is 12.1 Å². The molecule has 2 rings (SSSR count). The van der Waals surface area contributed by atoms with Crippen LogP contribution in [0.15, 0.2) is 30.3 Å². The van der Waals surface area contributed by atoms with Gasteiger partial charge in [-0.05, 0) is 6.42 Å². The monoisotopic (exact) mass is 218 g/mol. The van der Waals surface area contributed by atoms with Crippen molar-refractivity contribution in [2.24, 2.45) is 11.7 Å². The second kappa shape index (κ2) is 4.35. The Balaban J connectivity index is 2.05. The summed E-state index contributed by atoms with van der Waals surface area (Å²) < 4.78 is 0. The zero-order valence-corrected chi connectivity index (χ0v) is 8.93. The lowest BCUT2D eigenvalue weighted by molar-refractivity contribution is 0.0925. The summed E-state index contributed by atoms with van der Waals surface area (Å²) in [5.74, 6) is -0.000694. The molecule has 0 aliphatic carbocycles. The van der Waals surface area contributed by atoms with Gasteiger partial charge in [0, 0.05) is 24.6 Å². The standard InChI is InChI=1S/C12H14N2O2/c13-12(16)14-7-6-10(8-14)11(15)9-4-2-1-3-5-9/h1-5,10H,6-8H2,(H2,13,16). The molecular formula is C12H14N2O2. The van der Waals surface area contributed by atoms with Crippen LogP contribution in [-0.2, 0) is 0 Å². The number of hydrogen-bond donors (Lipinski definition) is 1. The number of amides is 2. The molecule has 1 aliphatic rings. The highest BCUT2D eigenvalue weighted by Gasteiger charge is 2.30. The average Bonchev–Trinajstić information content (AvgIpc) is 2.78. The first kappa shape index (κ1) is 10.7.